The van der Waals surface area contributed by atoms with Crippen LogP contribution in [0.2, 0.25) is 78.6 Å². The third kappa shape index (κ3) is 34.7. The Kier molecular flexibility index (Phi) is 44.9. The first kappa shape index (κ1) is 117. The summed E-state index contributed by atoms with van der Waals surface area (Å²) in [5, 5.41) is 10.6. The van der Waals surface area contributed by atoms with Crippen LogP contribution in [0.4, 0.5) is 8.78 Å². The summed E-state index contributed by atoms with van der Waals surface area (Å²) in [6.07, 6.45) is 15.1. The average molecular weight is 2700 g/mol. The zero-order chi connectivity index (χ0) is 101. The second-order valence-corrected chi connectivity index (χ2v) is 58.2. The first-order chi connectivity index (χ1) is 68.2. The fourth-order valence-corrected chi connectivity index (χ4v) is 22.5. The van der Waals surface area contributed by atoms with Gasteiger partial charge in [-0.05, 0) is 154 Å². The summed E-state index contributed by atoms with van der Waals surface area (Å²) in [5.41, 5.74) is 21.6. The molecule has 0 aliphatic heterocycles. The molecule has 0 spiro atoms. The molecule has 146 heavy (non-hydrogen) atoms. The van der Waals surface area contributed by atoms with Crippen molar-refractivity contribution in [2.45, 2.75) is 120 Å². The number of aryl methyl sites for hydroxylation is 6. The van der Waals surface area contributed by atoms with Gasteiger partial charge in [0.25, 0.3) is 0 Å². The Morgan fingerprint density at radius 2 is 0.548 bits per heavy atom. The molecule has 0 saturated carbocycles. The molecule has 10 aromatic heterocycles. The third-order valence-electron chi connectivity index (χ3n) is 22.7. The summed E-state index contributed by atoms with van der Waals surface area (Å²) in [6, 6.07) is 131. The maximum absolute atomic E-state index is 13.1. The number of hydrogen-bond acceptors (Lipinski definition) is 12. The van der Waals surface area contributed by atoms with Crippen molar-refractivity contribution >= 4 is 74.6 Å². The molecule has 0 unspecified atom stereocenters. The van der Waals surface area contributed by atoms with Gasteiger partial charge in [0.05, 0.1) is 32.3 Å². The second kappa shape index (κ2) is 56.2. The van der Waals surface area contributed by atoms with Crippen LogP contribution in [-0.4, -0.2) is 82.1 Å². The maximum atomic E-state index is 13.1. The summed E-state index contributed by atoms with van der Waals surface area (Å²) in [5.74, 6) is 1.46. The standard InChI is InChI=1S/2C21H22NOSi.2C19H20NSi.C12H11N2.2C11H8N.C10H5F2N2.4Ir/c2*1-16-13-20(22-15-21(16)24(2,3)4)17-9-8-12-19(14-17)23-18-10-6-5-7-11-18;2*1-14-11-18(20-13-19(14)21(2,3)4)17-10-9-15-7-5-6-8-16(15)12-17;1-9-6-7-11(10(2)14-9)12-5-3-4-8-13-12;2*1-2-6-10(7-3-1)11-8-4-5-9-12-11;11-9-5-4-7(10(12)14-9)8-3-1-2-6-13-8;;;;/h2*5-8,10-15H,1-4H3;2*5-9,11-13H,1-4H3;3-6,8H,1-2H3;2*1-6,8-9H;1-3,5-6H;;;;/q8*-1;;;;. The molecule has 0 aliphatic carbocycles. The largest absolute Gasteiger partial charge is 0.477 e. The van der Waals surface area contributed by atoms with E-state index >= 15 is 0 Å². The molecular weight excluding hydrogens is 2580 g/mol. The van der Waals surface area contributed by atoms with E-state index in [1.807, 2.05) is 245 Å². The van der Waals surface area contributed by atoms with Crippen LogP contribution >= 0.6 is 0 Å². The predicted molar refractivity (Wildman–Crippen MR) is 592 cm³/mol. The zero-order valence-electron chi connectivity index (χ0n) is 85.2. The van der Waals surface area contributed by atoms with Gasteiger partial charge in [-0.3, -0.25) is 4.98 Å². The number of ether oxygens (including phenoxy) is 2. The molecule has 0 bridgehead atoms. The number of fused-ring (bicyclic) bond motifs is 2. The predicted octanol–water partition coefficient (Wildman–Crippen LogP) is 29.4. The van der Waals surface area contributed by atoms with E-state index in [2.05, 4.69) is 302 Å². The van der Waals surface area contributed by atoms with Crippen LogP contribution in [0.1, 0.15) is 33.6 Å². The zero-order valence-corrected chi connectivity index (χ0v) is 98.8. The van der Waals surface area contributed by atoms with Gasteiger partial charge in [-0.25, -0.2) is 8.78 Å². The summed E-state index contributed by atoms with van der Waals surface area (Å²) in [7, 11) is -5.36. The number of pyridine rings is 10. The van der Waals surface area contributed by atoms with E-state index in [9.17, 15) is 8.78 Å². The van der Waals surface area contributed by atoms with Crippen molar-refractivity contribution in [2.75, 3.05) is 0 Å². The van der Waals surface area contributed by atoms with Crippen LogP contribution in [0, 0.1) is 102 Å². The van der Waals surface area contributed by atoms with Gasteiger partial charge in [0, 0.05) is 141 Å². The second-order valence-electron chi connectivity index (χ2n) is 38.0. The molecule has 22 heteroatoms. The Labute approximate surface area is 919 Å². The van der Waals surface area contributed by atoms with Crippen molar-refractivity contribution in [3.8, 4) is 113 Å². The number of para-hydroxylation sites is 2. The minimum atomic E-state index is -1.36. The molecule has 4 radical (unpaired) electrons. The van der Waals surface area contributed by atoms with Crippen LogP contribution in [0.3, 0.4) is 0 Å². The van der Waals surface area contributed by atoms with Crippen LogP contribution in [0.5, 0.6) is 23.0 Å². The minimum absolute atomic E-state index is 0. The van der Waals surface area contributed by atoms with Gasteiger partial charge < -0.3 is 54.3 Å². The Balaban J connectivity index is 0.000000187. The number of benzene rings is 10. The summed E-state index contributed by atoms with van der Waals surface area (Å²) in [6.45, 7) is 40.9. The third-order valence-corrected chi connectivity index (χ3v) is 31.2. The van der Waals surface area contributed by atoms with Crippen LogP contribution in [0.25, 0.3) is 112 Å². The first-order valence-electron chi connectivity index (χ1n) is 47.1. The molecule has 20 rings (SSSR count). The van der Waals surface area contributed by atoms with Gasteiger partial charge >= 0.3 is 0 Å². The molecule has 12 nitrogen and oxygen atoms in total. The SMILES string of the molecule is Cc1c[c-]c(-c2ccccn2)c(C)n1.Cc1cc(-c2[c-]cc3ccccc3c2)ncc1[Si](C)(C)C.Cc1cc(-c2[c-]cc3ccccc3c2)ncc1[Si](C)(C)C.Cc1cc(-c2[c-]ccc(Oc3ccccc3)c2)ncc1[Si](C)(C)C.Cc1cc(-c2[c-]ccc(Oc3ccccc3)c2)ncc1[Si](C)(C)C.Fc1c[c-]c(-c2ccccn2)c(F)n1.[Ir].[Ir].[Ir].[Ir].[c-]1ccccc1-c1ccccn1.[c-]1ccccc1-c1ccccn1. The topological polar surface area (TPSA) is 147 Å². The first-order valence-corrected chi connectivity index (χ1v) is 61.1. The van der Waals surface area contributed by atoms with E-state index in [0.717, 1.165) is 119 Å². The van der Waals surface area contributed by atoms with Gasteiger partial charge in [-0.1, -0.05) is 295 Å². The molecule has 748 valence electrons. The molecule has 10 aromatic carbocycles. The van der Waals surface area contributed by atoms with Gasteiger partial charge in [0.2, 0.25) is 0 Å². The summed E-state index contributed by atoms with van der Waals surface area (Å²) in [4.78, 5) is 42.8. The number of rotatable bonds is 16. The molecule has 0 aliphatic rings. The molecule has 0 N–H and O–H groups in total. The number of halogens is 2. The van der Waals surface area contributed by atoms with Gasteiger partial charge in [0.15, 0.2) is 0 Å². The number of hydrogen-bond donors (Lipinski definition) is 0. The quantitative estimate of drug-likeness (QED) is 0.0515. The van der Waals surface area contributed by atoms with E-state index in [1.54, 1.807) is 36.8 Å². The van der Waals surface area contributed by atoms with Crippen LogP contribution < -0.4 is 30.2 Å². The molecule has 0 saturated heterocycles. The molecule has 0 amide bonds. The van der Waals surface area contributed by atoms with Gasteiger partial charge in [-0.15, -0.1) is 214 Å². The fourth-order valence-electron chi connectivity index (χ4n) is 15.7. The van der Waals surface area contributed by atoms with Crippen LogP contribution in [0.15, 0.2) is 377 Å². The summed E-state index contributed by atoms with van der Waals surface area (Å²) >= 11 is 0. The monoisotopic (exact) mass is 2700 g/mol. The van der Waals surface area contributed by atoms with Crippen molar-refractivity contribution in [3.63, 3.8) is 0 Å². The smallest absolute Gasteiger partial charge is 0.128 e. The van der Waals surface area contributed by atoms with E-state index in [4.69, 9.17) is 9.47 Å². The van der Waals surface area contributed by atoms with E-state index < -0.39 is 44.2 Å². The minimum Gasteiger partial charge on any atom is -0.477 e. The van der Waals surface area contributed by atoms with Crippen molar-refractivity contribution < 1.29 is 98.7 Å². The Hall–Kier alpha value is -12.9. The maximum Gasteiger partial charge on any atom is 0.128 e. The Morgan fingerprint density at radius 3 is 0.863 bits per heavy atom. The average Bonchev–Trinajstić information content (AvgIpc) is 0.804. The molecule has 20 aromatic rings. The molecule has 0 atom stereocenters. The fraction of sp³-hybridized carbons (Fsp3) is 0.145. The Bertz CT molecular complexity index is 6980. The van der Waals surface area contributed by atoms with E-state index in [0.29, 0.717) is 5.69 Å². The molecule has 0 fully saturated rings. The Morgan fingerprint density at radius 1 is 0.240 bits per heavy atom. The number of aromatic nitrogens is 10. The summed E-state index contributed by atoms with van der Waals surface area (Å²) < 4.78 is 37.4. The molecular formula is C124H116F2Ir4N10O2Si4-8. The van der Waals surface area contributed by atoms with Crippen LogP contribution in [-0.2, 0) is 80.4 Å². The van der Waals surface area contributed by atoms with Crippen molar-refractivity contribution in [2.24, 2.45) is 0 Å². The normalized spacial score (nSPS) is 10.7. The molecule has 10 heterocycles. The van der Waals surface area contributed by atoms with Gasteiger partial charge in [0.1, 0.15) is 23.4 Å². The van der Waals surface area contributed by atoms with Crippen molar-refractivity contribution in [1.29, 1.82) is 0 Å². The van der Waals surface area contributed by atoms with E-state index in [-0.39, 0.29) is 86.0 Å². The number of nitrogens with zero attached hydrogens (tertiary/aromatic N) is 10. The van der Waals surface area contributed by atoms with Crippen molar-refractivity contribution in [3.05, 3.63) is 471 Å². The van der Waals surface area contributed by atoms with Crippen molar-refractivity contribution in [1.82, 2.24) is 49.8 Å². The van der Waals surface area contributed by atoms with Gasteiger partial charge in [-0.2, -0.15) is 0 Å². The van der Waals surface area contributed by atoms with E-state index in [1.165, 1.54) is 70.7 Å².